The number of rotatable bonds is 10. The van der Waals surface area contributed by atoms with E-state index in [0.29, 0.717) is 29.8 Å². The van der Waals surface area contributed by atoms with Crippen LogP contribution in [0.4, 0.5) is 4.79 Å². The van der Waals surface area contributed by atoms with E-state index in [1.54, 1.807) is 39.0 Å². The number of carbonyl (C=O) groups excluding carboxylic acids is 3. The van der Waals surface area contributed by atoms with Crippen molar-refractivity contribution in [1.82, 2.24) is 5.32 Å². The normalized spacial score (nSPS) is 11.4. The van der Waals surface area contributed by atoms with Gasteiger partial charge in [-0.15, -0.1) is 0 Å². The van der Waals surface area contributed by atoms with Crippen LogP contribution in [0.3, 0.4) is 0 Å². The monoisotopic (exact) mass is 423 g/mol. The molecule has 168 valence electrons. The Morgan fingerprint density at radius 2 is 1.57 bits per heavy atom. The molecule has 1 amide bonds. The van der Waals surface area contributed by atoms with Crippen molar-refractivity contribution < 1.29 is 33.3 Å². The van der Waals surface area contributed by atoms with E-state index >= 15 is 0 Å². The van der Waals surface area contributed by atoms with E-state index in [-0.39, 0.29) is 32.1 Å². The third-order valence-corrected chi connectivity index (χ3v) is 3.33. The van der Waals surface area contributed by atoms with Gasteiger partial charge in [0.15, 0.2) is 11.5 Å². The van der Waals surface area contributed by atoms with Crippen molar-refractivity contribution in [2.45, 2.75) is 65.6 Å². The van der Waals surface area contributed by atoms with Crippen molar-refractivity contribution in [2.24, 2.45) is 0 Å². The fraction of sp³-hybridized carbons (Fsp3) is 0.591. The third-order valence-electron chi connectivity index (χ3n) is 3.33. The summed E-state index contributed by atoms with van der Waals surface area (Å²) in [6.07, 6.45) is 0.883. The standard InChI is InChI=1S/C22H33NO7/c1-21(2,3)29-19(25)8-7-12-27-17-10-9-16(15-24)14-18(17)28-13-11-23-20(26)30-22(4,5)6/h9-10,14-15H,7-8,11-13H2,1-6H3,(H,23,26). The Bertz CT molecular complexity index is 717. The number of hydrogen-bond acceptors (Lipinski definition) is 7. The van der Waals surface area contributed by atoms with Crippen LogP contribution in [0.25, 0.3) is 0 Å². The minimum atomic E-state index is -0.580. The summed E-state index contributed by atoms with van der Waals surface area (Å²) in [5.74, 6) is 0.539. The maximum atomic E-state index is 11.8. The Morgan fingerprint density at radius 1 is 0.933 bits per heavy atom. The Morgan fingerprint density at radius 3 is 2.17 bits per heavy atom. The molecule has 8 nitrogen and oxygen atoms in total. The van der Waals surface area contributed by atoms with Crippen molar-refractivity contribution >= 4 is 18.3 Å². The highest BCUT2D eigenvalue weighted by molar-refractivity contribution is 5.76. The van der Waals surface area contributed by atoms with E-state index in [1.165, 1.54) is 0 Å². The molecule has 1 rings (SSSR count). The average molecular weight is 424 g/mol. The van der Waals surface area contributed by atoms with Crippen molar-refractivity contribution in [3.05, 3.63) is 23.8 Å². The van der Waals surface area contributed by atoms with E-state index in [2.05, 4.69) is 5.32 Å². The summed E-state index contributed by atoms with van der Waals surface area (Å²) in [5, 5.41) is 2.59. The minimum absolute atomic E-state index is 0.163. The lowest BCUT2D eigenvalue weighted by Gasteiger charge is -2.20. The number of carbonyl (C=O) groups is 3. The number of alkyl carbamates (subject to hydrolysis) is 1. The Kier molecular flexibility index (Phi) is 9.62. The summed E-state index contributed by atoms with van der Waals surface area (Å²) in [7, 11) is 0. The fourth-order valence-electron chi connectivity index (χ4n) is 2.25. The summed E-state index contributed by atoms with van der Waals surface area (Å²) in [6.45, 7) is 11.5. The molecule has 1 N–H and O–H groups in total. The lowest BCUT2D eigenvalue weighted by atomic mass is 10.2. The molecule has 0 aliphatic heterocycles. The fourth-order valence-corrected chi connectivity index (χ4v) is 2.25. The van der Waals surface area contributed by atoms with E-state index in [0.717, 1.165) is 0 Å². The molecule has 0 unspecified atom stereocenters. The first-order valence-corrected chi connectivity index (χ1v) is 9.93. The van der Waals surface area contributed by atoms with Crippen LogP contribution in [0.2, 0.25) is 0 Å². The largest absolute Gasteiger partial charge is 0.490 e. The zero-order valence-corrected chi connectivity index (χ0v) is 18.7. The molecule has 0 aliphatic rings. The molecule has 0 aliphatic carbocycles. The molecule has 1 aromatic carbocycles. The zero-order valence-electron chi connectivity index (χ0n) is 18.7. The molecule has 0 aromatic heterocycles. The third kappa shape index (κ3) is 11.3. The minimum Gasteiger partial charge on any atom is -0.490 e. The van der Waals surface area contributed by atoms with E-state index in [1.807, 2.05) is 20.8 Å². The van der Waals surface area contributed by atoms with Crippen LogP contribution in [0.1, 0.15) is 64.7 Å². The highest BCUT2D eigenvalue weighted by Crippen LogP contribution is 2.28. The topological polar surface area (TPSA) is 100 Å². The summed E-state index contributed by atoms with van der Waals surface area (Å²) < 4.78 is 21.8. The number of ether oxygens (including phenoxy) is 4. The number of benzene rings is 1. The SMILES string of the molecule is CC(C)(C)OC(=O)CCCOc1ccc(C=O)cc1OCCNC(=O)OC(C)(C)C. The Hall–Kier alpha value is -2.77. The molecule has 0 heterocycles. The molecule has 0 saturated heterocycles. The summed E-state index contributed by atoms with van der Waals surface area (Å²) in [5.41, 5.74) is -0.660. The second-order valence-corrected chi connectivity index (χ2v) is 8.64. The molecule has 0 spiro atoms. The molecule has 0 saturated carbocycles. The van der Waals surface area contributed by atoms with Crippen LogP contribution >= 0.6 is 0 Å². The smallest absolute Gasteiger partial charge is 0.407 e. The highest BCUT2D eigenvalue weighted by atomic mass is 16.6. The van der Waals surface area contributed by atoms with E-state index < -0.39 is 17.3 Å². The first kappa shape index (κ1) is 25.3. The molecule has 0 radical (unpaired) electrons. The van der Waals surface area contributed by atoms with Crippen LogP contribution < -0.4 is 14.8 Å². The zero-order chi connectivity index (χ0) is 22.8. The number of hydrogen-bond donors (Lipinski definition) is 1. The van der Waals surface area contributed by atoms with Gasteiger partial charge in [0.1, 0.15) is 24.1 Å². The van der Waals surface area contributed by atoms with Gasteiger partial charge in [0.2, 0.25) is 0 Å². The Balaban J connectivity index is 2.52. The summed E-state index contributed by atoms with van der Waals surface area (Å²) >= 11 is 0. The van der Waals surface area contributed by atoms with Gasteiger partial charge in [-0.3, -0.25) is 9.59 Å². The quantitative estimate of drug-likeness (QED) is 0.346. The molecular weight excluding hydrogens is 390 g/mol. The maximum Gasteiger partial charge on any atom is 0.407 e. The number of esters is 1. The Labute approximate surface area is 178 Å². The molecule has 30 heavy (non-hydrogen) atoms. The maximum absolute atomic E-state index is 11.8. The van der Waals surface area contributed by atoms with Gasteiger partial charge in [-0.25, -0.2) is 4.79 Å². The van der Waals surface area contributed by atoms with Crippen molar-refractivity contribution in [1.29, 1.82) is 0 Å². The van der Waals surface area contributed by atoms with Crippen LogP contribution in [0, 0.1) is 0 Å². The summed E-state index contributed by atoms with van der Waals surface area (Å²) in [4.78, 5) is 34.5. The van der Waals surface area contributed by atoms with Crippen molar-refractivity contribution in [3.8, 4) is 11.5 Å². The lowest BCUT2D eigenvalue weighted by Crippen LogP contribution is -2.34. The van der Waals surface area contributed by atoms with Crippen LogP contribution in [-0.2, 0) is 14.3 Å². The highest BCUT2D eigenvalue weighted by Gasteiger charge is 2.17. The van der Waals surface area contributed by atoms with Gasteiger partial charge in [0, 0.05) is 12.0 Å². The predicted octanol–water partition coefficient (Wildman–Crippen LogP) is 3.90. The van der Waals surface area contributed by atoms with Crippen molar-refractivity contribution in [2.75, 3.05) is 19.8 Å². The lowest BCUT2D eigenvalue weighted by molar-refractivity contribution is -0.155. The first-order valence-electron chi connectivity index (χ1n) is 9.93. The molecule has 0 fully saturated rings. The summed E-state index contributed by atoms with van der Waals surface area (Å²) in [6, 6.07) is 4.81. The van der Waals surface area contributed by atoms with Gasteiger partial charge in [-0.05, 0) is 66.2 Å². The molecule has 1 aromatic rings. The van der Waals surface area contributed by atoms with Crippen LogP contribution in [0.15, 0.2) is 18.2 Å². The molecule has 0 bridgehead atoms. The van der Waals surface area contributed by atoms with Crippen molar-refractivity contribution in [3.63, 3.8) is 0 Å². The van der Waals surface area contributed by atoms with Gasteiger partial charge in [-0.1, -0.05) is 0 Å². The van der Waals surface area contributed by atoms with Gasteiger partial charge in [0.25, 0.3) is 0 Å². The molecule has 0 atom stereocenters. The van der Waals surface area contributed by atoms with E-state index in [9.17, 15) is 14.4 Å². The van der Waals surface area contributed by atoms with Gasteiger partial charge in [-0.2, -0.15) is 0 Å². The van der Waals surface area contributed by atoms with Crippen LogP contribution in [-0.4, -0.2) is 49.3 Å². The second kappa shape index (κ2) is 11.4. The number of nitrogens with one attached hydrogen (secondary N) is 1. The first-order chi connectivity index (χ1) is 13.9. The van der Waals surface area contributed by atoms with E-state index in [4.69, 9.17) is 18.9 Å². The van der Waals surface area contributed by atoms with Gasteiger partial charge < -0.3 is 24.3 Å². The second-order valence-electron chi connectivity index (χ2n) is 8.64. The molecular formula is C22H33NO7. The van der Waals surface area contributed by atoms with Gasteiger partial charge in [0.05, 0.1) is 13.2 Å². The van der Waals surface area contributed by atoms with Gasteiger partial charge >= 0.3 is 12.1 Å². The average Bonchev–Trinajstić information content (AvgIpc) is 2.60. The predicted molar refractivity (Wildman–Crippen MR) is 112 cm³/mol. The number of amides is 1. The molecule has 8 heteroatoms. The van der Waals surface area contributed by atoms with Crippen LogP contribution in [0.5, 0.6) is 11.5 Å². The number of aldehydes is 1.